The molecule has 10 heteroatoms. The summed E-state index contributed by atoms with van der Waals surface area (Å²) in [6.07, 6.45) is 4.34. The summed E-state index contributed by atoms with van der Waals surface area (Å²) in [5.41, 5.74) is 1.84. The van der Waals surface area contributed by atoms with Crippen LogP contribution in [0.5, 0.6) is 0 Å². The first kappa shape index (κ1) is 31.3. The third kappa shape index (κ3) is 8.89. The van der Waals surface area contributed by atoms with Crippen LogP contribution in [0.15, 0.2) is 67.3 Å². The number of ether oxygens (including phenoxy) is 1. The zero-order valence-corrected chi connectivity index (χ0v) is 24.3. The van der Waals surface area contributed by atoms with Crippen molar-refractivity contribution in [3.05, 3.63) is 88.5 Å². The number of nitro benzene ring substituents is 1. The zero-order chi connectivity index (χ0) is 29.1. The maximum Gasteiger partial charge on any atom is 0.410 e. The lowest BCUT2D eigenvalue weighted by atomic mass is 9.90. The van der Waals surface area contributed by atoms with Crippen LogP contribution in [0.4, 0.5) is 10.5 Å². The van der Waals surface area contributed by atoms with Crippen molar-refractivity contribution in [3.8, 4) is 0 Å². The van der Waals surface area contributed by atoms with Crippen LogP contribution in [0.2, 0.25) is 0 Å². The minimum atomic E-state index is -3.10. The van der Waals surface area contributed by atoms with Gasteiger partial charge >= 0.3 is 6.09 Å². The highest BCUT2D eigenvalue weighted by molar-refractivity contribution is 7.91. The topological polar surface area (TPSA) is 110 Å². The quantitative estimate of drug-likeness (QED) is 0.166. The Kier molecular flexibility index (Phi) is 11.7. The van der Waals surface area contributed by atoms with Gasteiger partial charge in [-0.1, -0.05) is 43.3 Å². The molecule has 0 N–H and O–H groups in total. The maximum atomic E-state index is 12.9. The van der Waals surface area contributed by atoms with Crippen LogP contribution < -0.4 is 0 Å². The molecular formula is C30H41N3O6S. The monoisotopic (exact) mass is 571 g/mol. The Balaban J connectivity index is 1.54. The van der Waals surface area contributed by atoms with Gasteiger partial charge in [-0.05, 0) is 68.3 Å². The molecule has 1 amide bonds. The number of carbonyl (C=O) groups is 1. The van der Waals surface area contributed by atoms with Crippen molar-refractivity contribution < 1.29 is 22.9 Å². The Hall–Kier alpha value is -3.24. The highest BCUT2D eigenvalue weighted by Crippen LogP contribution is 2.29. The number of hydrogen-bond donors (Lipinski definition) is 0. The Bertz CT molecular complexity index is 1210. The van der Waals surface area contributed by atoms with Gasteiger partial charge in [0.05, 0.1) is 10.2 Å². The molecule has 0 bridgehead atoms. The molecular weight excluding hydrogens is 530 g/mol. The van der Waals surface area contributed by atoms with Crippen LogP contribution in [0, 0.1) is 10.1 Å². The molecule has 0 radical (unpaired) electrons. The van der Waals surface area contributed by atoms with Gasteiger partial charge in [0.1, 0.15) is 6.61 Å². The second-order valence-corrected chi connectivity index (χ2v) is 13.1. The van der Waals surface area contributed by atoms with Gasteiger partial charge in [0, 0.05) is 43.6 Å². The van der Waals surface area contributed by atoms with Crippen molar-refractivity contribution in [1.29, 1.82) is 0 Å². The van der Waals surface area contributed by atoms with Crippen molar-refractivity contribution in [2.45, 2.75) is 63.3 Å². The fourth-order valence-corrected chi connectivity index (χ4v) is 6.32. The molecule has 1 heterocycles. The predicted octanol–water partition coefficient (Wildman–Crippen LogP) is 5.57. The number of hydrogen-bond acceptors (Lipinski definition) is 7. The molecule has 1 aliphatic rings. The summed E-state index contributed by atoms with van der Waals surface area (Å²) in [5, 5.41) is 10.5. The lowest BCUT2D eigenvalue weighted by Gasteiger charge is -2.38. The van der Waals surface area contributed by atoms with Gasteiger partial charge in [-0.15, -0.1) is 6.58 Å². The Labute approximate surface area is 237 Å². The van der Waals surface area contributed by atoms with Gasteiger partial charge in [0.2, 0.25) is 0 Å². The second-order valence-electron chi connectivity index (χ2n) is 10.4. The first-order valence-electron chi connectivity index (χ1n) is 13.9. The van der Waals surface area contributed by atoms with Gasteiger partial charge in [0.25, 0.3) is 5.69 Å². The predicted molar refractivity (Wildman–Crippen MR) is 157 cm³/mol. The van der Waals surface area contributed by atoms with Crippen LogP contribution >= 0.6 is 0 Å². The summed E-state index contributed by atoms with van der Waals surface area (Å²) in [4.78, 5) is 27.4. The minimum Gasteiger partial charge on any atom is -0.445 e. The van der Waals surface area contributed by atoms with Crippen LogP contribution in [-0.4, -0.2) is 72.5 Å². The summed E-state index contributed by atoms with van der Waals surface area (Å²) < 4.78 is 30.5. The Morgan fingerprint density at radius 1 is 1.18 bits per heavy atom. The highest BCUT2D eigenvalue weighted by Gasteiger charge is 2.29. The molecule has 3 rings (SSSR count). The van der Waals surface area contributed by atoms with Crippen LogP contribution in [0.1, 0.15) is 56.6 Å². The number of benzene rings is 2. The van der Waals surface area contributed by atoms with Gasteiger partial charge in [-0.2, -0.15) is 0 Å². The molecule has 2 aromatic carbocycles. The van der Waals surface area contributed by atoms with E-state index in [0.29, 0.717) is 18.5 Å². The average Bonchev–Trinajstić information content (AvgIpc) is 2.97. The molecule has 0 aromatic heterocycles. The first-order valence-corrected chi connectivity index (χ1v) is 15.6. The molecule has 1 aliphatic heterocycles. The number of sulfone groups is 1. The molecule has 9 nitrogen and oxygen atoms in total. The van der Waals surface area contributed by atoms with E-state index in [1.807, 2.05) is 25.1 Å². The van der Waals surface area contributed by atoms with Gasteiger partial charge in [-0.25, -0.2) is 13.2 Å². The van der Waals surface area contributed by atoms with E-state index in [2.05, 4.69) is 23.6 Å². The van der Waals surface area contributed by atoms with E-state index in [1.165, 1.54) is 17.7 Å². The SMILES string of the molecule is C=CCN(C(=O)OCc1ccc([N+](=O)[O-])cc1)C1CCN(CCC(CC(C)S(=O)(=O)CC)c2ccccc2)CC1. The largest absolute Gasteiger partial charge is 0.445 e. The molecule has 2 aromatic rings. The minimum absolute atomic E-state index is 0.00860. The second kappa shape index (κ2) is 14.9. The summed E-state index contributed by atoms with van der Waals surface area (Å²) in [7, 11) is -3.10. The molecule has 1 fully saturated rings. The average molecular weight is 572 g/mol. The first-order chi connectivity index (χ1) is 19.1. The van der Waals surface area contributed by atoms with Crippen molar-refractivity contribution in [3.63, 3.8) is 0 Å². The van der Waals surface area contributed by atoms with Gasteiger partial charge < -0.3 is 14.5 Å². The van der Waals surface area contributed by atoms with E-state index >= 15 is 0 Å². The van der Waals surface area contributed by atoms with E-state index in [0.717, 1.165) is 38.9 Å². The Morgan fingerprint density at radius 3 is 2.40 bits per heavy atom. The van der Waals surface area contributed by atoms with Crippen LogP contribution in [0.3, 0.4) is 0 Å². The number of piperidine rings is 1. The molecule has 40 heavy (non-hydrogen) atoms. The number of nitro groups is 1. The number of carbonyl (C=O) groups excluding carboxylic acids is 1. The van der Waals surface area contributed by atoms with Crippen LogP contribution in [-0.2, 0) is 21.2 Å². The highest BCUT2D eigenvalue weighted by atomic mass is 32.2. The molecule has 1 saturated heterocycles. The fourth-order valence-electron chi connectivity index (χ4n) is 5.22. The smallest absolute Gasteiger partial charge is 0.410 e. The third-order valence-electron chi connectivity index (χ3n) is 7.76. The molecule has 2 atom stereocenters. The zero-order valence-electron chi connectivity index (χ0n) is 23.5. The van der Waals surface area contributed by atoms with E-state index in [4.69, 9.17) is 4.74 Å². The standard InChI is InChI=1S/C30H41N3O6S/c1-4-18-32(30(34)39-23-25-11-13-29(14-12-25)33(35)36)28-16-20-31(21-17-28)19-15-27(26-9-7-6-8-10-26)22-24(3)40(37,38)5-2/h4,6-14,24,27-28H,1,5,15-23H2,2-3H3. The number of rotatable bonds is 14. The van der Waals surface area contributed by atoms with Crippen molar-refractivity contribution >= 4 is 21.6 Å². The fraction of sp³-hybridized carbons (Fsp3) is 0.500. The normalized spacial score (nSPS) is 16.1. The van der Waals surface area contributed by atoms with Crippen molar-refractivity contribution in [2.75, 3.05) is 31.9 Å². The number of amides is 1. The molecule has 0 saturated carbocycles. The molecule has 2 unspecified atom stereocenters. The lowest BCUT2D eigenvalue weighted by Crippen LogP contribution is -2.47. The van der Waals surface area contributed by atoms with Crippen molar-refractivity contribution in [1.82, 2.24) is 9.80 Å². The number of nitrogens with zero attached hydrogens (tertiary/aromatic N) is 3. The summed E-state index contributed by atoms with van der Waals surface area (Å²) in [5.74, 6) is 0.308. The van der Waals surface area contributed by atoms with E-state index in [9.17, 15) is 23.3 Å². The molecule has 0 aliphatic carbocycles. The molecule has 218 valence electrons. The maximum absolute atomic E-state index is 12.9. The third-order valence-corrected chi connectivity index (χ3v) is 9.99. The van der Waals surface area contributed by atoms with E-state index in [1.54, 1.807) is 30.0 Å². The van der Waals surface area contributed by atoms with Gasteiger partial charge in [-0.3, -0.25) is 10.1 Å². The summed E-state index contributed by atoms with van der Waals surface area (Å²) in [6.45, 7) is 10.3. The van der Waals surface area contributed by atoms with Crippen molar-refractivity contribution in [2.24, 2.45) is 0 Å². The van der Waals surface area contributed by atoms with Gasteiger partial charge in [0.15, 0.2) is 9.84 Å². The molecule has 0 spiro atoms. The Morgan fingerprint density at radius 2 is 1.82 bits per heavy atom. The van der Waals surface area contributed by atoms with E-state index < -0.39 is 26.1 Å². The summed E-state index contributed by atoms with van der Waals surface area (Å²) >= 11 is 0. The number of non-ortho nitro benzene ring substituents is 1. The number of likely N-dealkylation sites (tertiary alicyclic amines) is 1. The summed E-state index contributed by atoms with van der Waals surface area (Å²) in [6, 6.07) is 16.1. The van der Waals surface area contributed by atoms with E-state index in [-0.39, 0.29) is 30.0 Å². The lowest BCUT2D eigenvalue weighted by molar-refractivity contribution is -0.384. The van der Waals surface area contributed by atoms with Crippen LogP contribution in [0.25, 0.3) is 0 Å².